The first-order chi connectivity index (χ1) is 12.5. The lowest BCUT2D eigenvalue weighted by Crippen LogP contribution is -2.34. The van der Waals surface area contributed by atoms with E-state index in [2.05, 4.69) is 15.7 Å². The SMILES string of the molecule is Cc1ccc(Cl)c(NC(=O)NCCn2nc(-c3cccs3)ccc2=O)c1. The first-order valence-corrected chi connectivity index (χ1v) is 9.22. The van der Waals surface area contributed by atoms with E-state index in [0.717, 1.165) is 16.1 Å². The summed E-state index contributed by atoms with van der Waals surface area (Å²) in [7, 11) is 0. The lowest BCUT2D eigenvalue weighted by Gasteiger charge is -2.10. The third-order valence-electron chi connectivity index (χ3n) is 3.62. The molecule has 1 aromatic carbocycles. The molecule has 2 heterocycles. The average molecular weight is 389 g/mol. The number of rotatable bonds is 5. The number of hydrogen-bond acceptors (Lipinski definition) is 4. The van der Waals surface area contributed by atoms with Crippen molar-refractivity contribution in [1.29, 1.82) is 0 Å². The minimum atomic E-state index is -0.389. The van der Waals surface area contributed by atoms with Gasteiger partial charge in [0.05, 0.1) is 22.1 Å². The van der Waals surface area contributed by atoms with Crippen molar-refractivity contribution in [2.45, 2.75) is 13.5 Å². The van der Waals surface area contributed by atoms with Gasteiger partial charge in [-0.1, -0.05) is 23.7 Å². The Kier molecular flexibility index (Phi) is 5.70. The fourth-order valence-corrected chi connectivity index (χ4v) is 3.20. The van der Waals surface area contributed by atoms with E-state index in [0.29, 0.717) is 10.7 Å². The van der Waals surface area contributed by atoms with Crippen LogP contribution >= 0.6 is 22.9 Å². The van der Waals surface area contributed by atoms with Crippen LogP contribution in [0.1, 0.15) is 5.56 Å². The van der Waals surface area contributed by atoms with Crippen LogP contribution in [0, 0.1) is 6.92 Å². The van der Waals surface area contributed by atoms with Crippen molar-refractivity contribution < 1.29 is 4.79 Å². The number of nitrogens with one attached hydrogen (secondary N) is 2. The van der Waals surface area contributed by atoms with Crippen LogP contribution in [0.4, 0.5) is 10.5 Å². The molecule has 2 N–H and O–H groups in total. The Morgan fingerprint density at radius 3 is 2.88 bits per heavy atom. The van der Waals surface area contributed by atoms with Gasteiger partial charge in [-0.05, 0) is 42.1 Å². The zero-order valence-corrected chi connectivity index (χ0v) is 15.6. The van der Waals surface area contributed by atoms with Crippen LogP contribution < -0.4 is 16.2 Å². The average Bonchev–Trinajstić information content (AvgIpc) is 3.14. The normalized spacial score (nSPS) is 10.5. The highest BCUT2D eigenvalue weighted by atomic mass is 35.5. The molecule has 0 aliphatic heterocycles. The zero-order valence-electron chi connectivity index (χ0n) is 14.0. The van der Waals surface area contributed by atoms with E-state index >= 15 is 0 Å². The Balaban J connectivity index is 1.59. The van der Waals surface area contributed by atoms with Crippen LogP contribution in [-0.4, -0.2) is 22.4 Å². The van der Waals surface area contributed by atoms with Gasteiger partial charge in [0.2, 0.25) is 0 Å². The second-order valence-electron chi connectivity index (χ2n) is 5.62. The molecule has 0 saturated heterocycles. The van der Waals surface area contributed by atoms with Gasteiger partial charge in [-0.15, -0.1) is 11.3 Å². The number of hydrogen-bond donors (Lipinski definition) is 2. The minimum Gasteiger partial charge on any atom is -0.336 e. The molecular weight excluding hydrogens is 372 g/mol. The molecule has 134 valence electrons. The van der Waals surface area contributed by atoms with Gasteiger partial charge in [-0.25, -0.2) is 9.48 Å². The van der Waals surface area contributed by atoms with Gasteiger partial charge in [-0.2, -0.15) is 5.10 Å². The predicted octanol–water partition coefficient (Wildman–Crippen LogP) is 3.76. The van der Waals surface area contributed by atoms with E-state index in [1.54, 1.807) is 29.5 Å². The van der Waals surface area contributed by atoms with Gasteiger partial charge in [0.15, 0.2) is 0 Å². The third-order valence-corrected chi connectivity index (χ3v) is 4.84. The van der Waals surface area contributed by atoms with Crippen molar-refractivity contribution in [3.8, 4) is 10.6 Å². The van der Waals surface area contributed by atoms with Crippen molar-refractivity contribution in [2.75, 3.05) is 11.9 Å². The molecule has 3 rings (SSSR count). The van der Waals surface area contributed by atoms with Crippen LogP contribution in [0.3, 0.4) is 0 Å². The van der Waals surface area contributed by atoms with Crippen LogP contribution in [0.15, 0.2) is 52.6 Å². The van der Waals surface area contributed by atoms with Gasteiger partial charge in [0, 0.05) is 12.6 Å². The smallest absolute Gasteiger partial charge is 0.319 e. The lowest BCUT2D eigenvalue weighted by molar-refractivity contribution is 0.251. The monoisotopic (exact) mass is 388 g/mol. The van der Waals surface area contributed by atoms with Crippen molar-refractivity contribution >= 4 is 34.7 Å². The standard InChI is InChI=1S/C18H17ClN4O2S/c1-12-4-5-13(19)15(11-12)21-18(25)20-8-9-23-17(24)7-6-14(22-23)16-3-2-10-26-16/h2-7,10-11H,8-9H2,1H3,(H2,20,21,25). The zero-order chi connectivity index (χ0) is 18.5. The number of carbonyl (C=O) groups excluding carboxylic acids is 1. The highest BCUT2D eigenvalue weighted by Crippen LogP contribution is 2.22. The molecule has 0 spiro atoms. The summed E-state index contributed by atoms with van der Waals surface area (Å²) in [6.45, 7) is 2.45. The number of carbonyl (C=O) groups is 1. The predicted molar refractivity (Wildman–Crippen MR) is 105 cm³/mol. The van der Waals surface area contributed by atoms with Crippen LogP contribution in [-0.2, 0) is 6.54 Å². The van der Waals surface area contributed by atoms with E-state index in [1.807, 2.05) is 30.5 Å². The molecule has 3 aromatic rings. The van der Waals surface area contributed by atoms with Crippen LogP contribution in [0.25, 0.3) is 10.6 Å². The summed E-state index contributed by atoms with van der Waals surface area (Å²) < 4.78 is 1.34. The maximum absolute atomic E-state index is 12.0. The van der Waals surface area contributed by atoms with Crippen molar-refractivity contribution in [2.24, 2.45) is 0 Å². The molecule has 0 aliphatic carbocycles. The number of amides is 2. The van der Waals surface area contributed by atoms with Crippen molar-refractivity contribution in [1.82, 2.24) is 15.1 Å². The second kappa shape index (κ2) is 8.16. The second-order valence-corrected chi connectivity index (χ2v) is 6.98. The number of aryl methyl sites for hydroxylation is 1. The van der Waals surface area contributed by atoms with E-state index in [4.69, 9.17) is 11.6 Å². The number of benzene rings is 1. The van der Waals surface area contributed by atoms with Crippen LogP contribution in [0.2, 0.25) is 5.02 Å². The van der Waals surface area contributed by atoms with Gasteiger partial charge < -0.3 is 10.6 Å². The third kappa shape index (κ3) is 4.50. The molecule has 2 amide bonds. The summed E-state index contributed by atoms with van der Waals surface area (Å²) >= 11 is 7.61. The highest BCUT2D eigenvalue weighted by Gasteiger charge is 2.07. The van der Waals surface area contributed by atoms with Gasteiger partial charge in [-0.3, -0.25) is 4.79 Å². The number of anilines is 1. The van der Waals surface area contributed by atoms with Gasteiger partial charge >= 0.3 is 6.03 Å². The van der Waals surface area contributed by atoms with E-state index < -0.39 is 0 Å². The first kappa shape index (κ1) is 18.2. The molecule has 0 bridgehead atoms. The molecule has 2 aromatic heterocycles. The number of halogens is 1. The largest absolute Gasteiger partial charge is 0.336 e. The summed E-state index contributed by atoms with van der Waals surface area (Å²) in [5.41, 5.74) is 2.05. The molecule has 0 saturated carbocycles. The van der Waals surface area contributed by atoms with Crippen LogP contribution in [0.5, 0.6) is 0 Å². The Bertz CT molecular complexity index is 970. The summed E-state index contributed by atoms with van der Waals surface area (Å²) in [4.78, 5) is 25.0. The molecule has 0 radical (unpaired) electrons. The van der Waals surface area contributed by atoms with E-state index in [-0.39, 0.29) is 24.7 Å². The first-order valence-electron chi connectivity index (χ1n) is 7.96. The minimum absolute atomic E-state index is 0.214. The van der Waals surface area contributed by atoms with E-state index in [1.165, 1.54) is 10.7 Å². The summed E-state index contributed by atoms with van der Waals surface area (Å²) in [6.07, 6.45) is 0. The van der Waals surface area contributed by atoms with Crippen molar-refractivity contribution in [3.63, 3.8) is 0 Å². The lowest BCUT2D eigenvalue weighted by atomic mass is 10.2. The molecule has 0 atom stereocenters. The Morgan fingerprint density at radius 1 is 1.27 bits per heavy atom. The maximum Gasteiger partial charge on any atom is 0.319 e. The van der Waals surface area contributed by atoms with Crippen molar-refractivity contribution in [3.05, 3.63) is 68.8 Å². The maximum atomic E-state index is 12.0. The molecule has 6 nitrogen and oxygen atoms in total. The fourth-order valence-electron chi connectivity index (χ4n) is 2.34. The Hall–Kier alpha value is -2.64. The molecule has 26 heavy (non-hydrogen) atoms. The van der Waals surface area contributed by atoms with Gasteiger partial charge in [0.25, 0.3) is 5.56 Å². The quantitative estimate of drug-likeness (QED) is 0.698. The fraction of sp³-hybridized carbons (Fsp3) is 0.167. The Morgan fingerprint density at radius 2 is 2.12 bits per heavy atom. The highest BCUT2D eigenvalue weighted by molar-refractivity contribution is 7.13. The number of aromatic nitrogens is 2. The topological polar surface area (TPSA) is 76.0 Å². The summed E-state index contributed by atoms with van der Waals surface area (Å²) in [6, 6.07) is 12.0. The Labute approximate surface area is 159 Å². The molecule has 0 aliphatic rings. The summed E-state index contributed by atoms with van der Waals surface area (Å²) in [5.74, 6) is 0. The number of nitrogens with zero attached hydrogens (tertiary/aromatic N) is 2. The molecule has 0 unspecified atom stereocenters. The molecular formula is C18H17ClN4O2S. The number of thiophene rings is 1. The van der Waals surface area contributed by atoms with E-state index in [9.17, 15) is 9.59 Å². The molecule has 0 fully saturated rings. The number of urea groups is 1. The molecule has 8 heteroatoms. The summed E-state index contributed by atoms with van der Waals surface area (Å²) in [5, 5.41) is 12.2. The van der Waals surface area contributed by atoms with Gasteiger partial charge in [0.1, 0.15) is 5.69 Å².